The van der Waals surface area contributed by atoms with Gasteiger partial charge in [-0.1, -0.05) is 132 Å². The lowest BCUT2D eigenvalue weighted by molar-refractivity contribution is -0.191. The molecule has 0 radical (unpaired) electrons. The third kappa shape index (κ3) is 22.5. The molecule has 0 spiro atoms. The highest BCUT2D eigenvalue weighted by atomic mass is 16.5. The fraction of sp³-hybridized carbons (Fsp3) is 0.771. The summed E-state index contributed by atoms with van der Waals surface area (Å²) in [5, 5.41) is 0. The van der Waals surface area contributed by atoms with Crippen LogP contribution in [0, 0.1) is 5.41 Å². The highest BCUT2D eigenvalue weighted by Crippen LogP contribution is 2.33. The number of hydrogen-bond acceptors (Lipinski definition) is 19. The molecular weight excluding hydrogens is 1360 g/mol. The van der Waals surface area contributed by atoms with Crippen molar-refractivity contribution >= 4 is 6.15 Å². The molecule has 0 bridgehead atoms. The molecule has 25 nitrogen and oxygen atoms in total. The number of rotatable bonds is 8. The van der Waals surface area contributed by atoms with Gasteiger partial charge in [-0.05, 0) is 33.2 Å². The van der Waals surface area contributed by atoms with Gasteiger partial charge in [0.15, 0.2) is 0 Å². The van der Waals surface area contributed by atoms with Crippen molar-refractivity contribution in [3.05, 3.63) is 106 Å². The van der Waals surface area contributed by atoms with Crippen LogP contribution in [0.3, 0.4) is 0 Å². The average molecular weight is 1500 g/mol. The summed E-state index contributed by atoms with van der Waals surface area (Å²) in [5.74, 6) is 7.30. The number of likely N-dealkylation sites (N-methyl/N-ethyl adjacent to an activating group) is 1. The molecule has 10 aliphatic rings. The average Bonchev–Trinajstić information content (AvgIpc) is 1.10. The number of imidazole rings is 6. The largest absolute Gasteiger partial charge is 0.383 e. The Kier molecular flexibility index (Phi) is 27.8. The van der Waals surface area contributed by atoms with Crippen molar-refractivity contribution in [2.75, 3.05) is 119 Å². The predicted octanol–water partition coefficient (Wildman–Crippen LogP) is 10.5. The smallest absolute Gasteiger partial charge is 0.373 e. The fourth-order valence-electron chi connectivity index (χ4n) is 15.1. The number of aromatic nitrogens is 12. The van der Waals surface area contributed by atoms with E-state index in [2.05, 4.69) is 240 Å². The van der Waals surface area contributed by atoms with E-state index >= 15 is 0 Å². The highest BCUT2D eigenvalue weighted by Gasteiger charge is 2.38. The van der Waals surface area contributed by atoms with Gasteiger partial charge in [-0.2, -0.15) is 9.59 Å². The molecule has 4 fully saturated rings. The van der Waals surface area contributed by atoms with Gasteiger partial charge in [0.05, 0.1) is 119 Å². The van der Waals surface area contributed by atoms with Crippen LogP contribution in [0.1, 0.15) is 227 Å². The van der Waals surface area contributed by atoms with E-state index in [0.717, 1.165) is 184 Å². The van der Waals surface area contributed by atoms with Crippen LogP contribution in [0.15, 0.2) is 37.2 Å². The zero-order valence-electron chi connectivity index (χ0n) is 70.6. The molecule has 25 heteroatoms. The minimum Gasteiger partial charge on any atom is -0.383 e. The van der Waals surface area contributed by atoms with E-state index in [0.29, 0.717) is 29.6 Å². The first-order chi connectivity index (χ1) is 50.8. The molecule has 6 aromatic heterocycles. The first-order valence-electron chi connectivity index (χ1n) is 40.3. The van der Waals surface area contributed by atoms with E-state index in [4.69, 9.17) is 63.2 Å². The maximum absolute atomic E-state index is 8.12. The molecule has 10 aliphatic heterocycles. The van der Waals surface area contributed by atoms with Gasteiger partial charge in [-0.15, -0.1) is 0 Å². The quantitative estimate of drug-likeness (QED) is 0.139. The summed E-state index contributed by atoms with van der Waals surface area (Å²) in [7, 11) is 3.91. The summed E-state index contributed by atoms with van der Waals surface area (Å²) in [6.07, 6.45) is 17.1. The van der Waals surface area contributed by atoms with Crippen molar-refractivity contribution < 1.29 is 33.3 Å². The second-order valence-corrected chi connectivity index (χ2v) is 38.5. The second-order valence-electron chi connectivity index (χ2n) is 38.5. The number of ether oxygens (including phenoxy) is 5. The van der Waals surface area contributed by atoms with Gasteiger partial charge in [0.1, 0.15) is 34.9 Å². The van der Waals surface area contributed by atoms with Crippen molar-refractivity contribution in [3.63, 3.8) is 0 Å². The predicted molar refractivity (Wildman–Crippen MR) is 422 cm³/mol. The molecule has 16 rings (SSSR count). The second kappa shape index (κ2) is 35.5. The van der Waals surface area contributed by atoms with Crippen molar-refractivity contribution in [2.24, 2.45) is 5.41 Å². The van der Waals surface area contributed by atoms with Crippen LogP contribution in [0.25, 0.3) is 0 Å². The van der Waals surface area contributed by atoms with Gasteiger partial charge in [-0.25, -0.2) is 29.9 Å². The zero-order chi connectivity index (χ0) is 78.3. The number of hydrogen-bond donors (Lipinski definition) is 0. The van der Waals surface area contributed by atoms with Crippen LogP contribution >= 0.6 is 0 Å². The van der Waals surface area contributed by atoms with Crippen LogP contribution in [0.2, 0.25) is 0 Å². The molecule has 0 aromatic carbocycles. The lowest BCUT2D eigenvalue weighted by Crippen LogP contribution is -2.51. The van der Waals surface area contributed by atoms with Crippen LogP contribution in [-0.2, 0) is 144 Å². The molecule has 2 atom stereocenters. The monoisotopic (exact) mass is 1500 g/mol. The molecule has 602 valence electrons. The Bertz CT molecular complexity index is 3840. The number of nitrogens with zero attached hydrogens (tertiary/aromatic N) is 18. The van der Waals surface area contributed by atoms with Crippen molar-refractivity contribution in [1.29, 1.82) is 0 Å². The molecule has 4 saturated heterocycles. The third-order valence-electron chi connectivity index (χ3n) is 22.6. The van der Waals surface area contributed by atoms with Gasteiger partial charge < -0.3 is 51.1 Å². The van der Waals surface area contributed by atoms with Gasteiger partial charge >= 0.3 is 6.15 Å². The number of carbonyl (C=O) groups excluding carboxylic acids is 2. The van der Waals surface area contributed by atoms with Crippen LogP contribution in [-0.4, -0.2) is 236 Å². The Morgan fingerprint density at radius 1 is 0.417 bits per heavy atom. The van der Waals surface area contributed by atoms with E-state index in [1.807, 2.05) is 0 Å². The fourth-order valence-corrected chi connectivity index (χ4v) is 15.1. The van der Waals surface area contributed by atoms with Gasteiger partial charge in [0.2, 0.25) is 0 Å². The molecule has 0 amide bonds. The van der Waals surface area contributed by atoms with Crippen molar-refractivity contribution in [3.8, 4) is 0 Å². The molecule has 6 aromatic rings. The molecule has 0 saturated carbocycles. The lowest BCUT2D eigenvalue weighted by Gasteiger charge is -2.42. The zero-order valence-corrected chi connectivity index (χ0v) is 70.6. The summed E-state index contributed by atoms with van der Waals surface area (Å²) >= 11 is 0. The number of methoxy groups -OCH3 is 1. The first-order valence-corrected chi connectivity index (χ1v) is 40.3. The van der Waals surface area contributed by atoms with Gasteiger partial charge in [0.25, 0.3) is 0 Å². The highest BCUT2D eigenvalue weighted by molar-refractivity contribution is 5.21. The number of fused-ring (bicyclic) bond motifs is 6. The maximum Gasteiger partial charge on any atom is 0.373 e. The lowest BCUT2D eigenvalue weighted by atomic mass is 9.88. The Morgan fingerprint density at radius 2 is 0.741 bits per heavy atom. The van der Waals surface area contributed by atoms with E-state index in [-0.39, 0.29) is 38.6 Å². The maximum atomic E-state index is 8.12. The SMILES string of the molecule is CC(C)(C)c1cn2c(n1)CN(C1CCOC1)CC2.CC(C)(C)c1cn2c(n1)CN(C1CCOCC1)CC2.CC(C)(C)c1cn2c(n1)CN(C1COC1)CC2.CC1(CN2CCn3cc(C(C)(C)C)nc3C2)COC1.CN1CCn2cc(C(C)(C)C)nc2C1.COCC(C)N1CCn2cc(C(C)(C)C)nc2C1.O=C=O. The molecule has 2 unspecified atom stereocenters. The molecule has 108 heavy (non-hydrogen) atoms. The minimum absolute atomic E-state index is 0.132. The standard InChI is InChI=1S/2C15H25N3O.C14H23N3O.C14H25N3O.C13H21N3O.C11H19N3.CO2/c1-15(2,3)13-10-18-7-6-17(11-14(18)16-13)12-4-8-19-9-5-12;1-14(2,3)12-7-18-6-5-17(8-13(18)16-12)9-15(4)10-19-11-15;1-14(2,3)12-8-17-6-5-16(9-13(17)15-12)11-4-7-18-10-11;1-11(10-18-5)16-6-7-17-8-12(14(2,3)4)15-13(17)9-16;1-13(2,3)11-6-16-5-4-15(7-12(16)14-11)10-8-17-9-10;1-11(2,3)9-7-14-6-5-13(4)8-10(14)12-9;2-1-3/h10,12H,4-9,11H2,1-3H3;7H,5-6,8-11H2,1-4H3;8,11H,4-7,9-10H2,1-3H3;8,11H,6-7,9-10H2,1-5H3;6,10H,4-5,7-9H2,1-3H3;7H,5-6,8H2,1-4H3;. The van der Waals surface area contributed by atoms with E-state index < -0.39 is 0 Å². The Morgan fingerprint density at radius 3 is 1.09 bits per heavy atom. The van der Waals surface area contributed by atoms with Crippen LogP contribution in [0.4, 0.5) is 0 Å². The Labute approximate surface area is 647 Å². The van der Waals surface area contributed by atoms with Crippen molar-refractivity contribution in [2.45, 2.75) is 293 Å². The van der Waals surface area contributed by atoms with E-state index in [1.54, 1.807) is 7.11 Å². The molecule has 0 aliphatic carbocycles. The summed E-state index contributed by atoms with van der Waals surface area (Å²) in [5.41, 5.74) is 8.50. The van der Waals surface area contributed by atoms with Crippen molar-refractivity contribution in [1.82, 2.24) is 86.7 Å². The summed E-state index contributed by atoms with van der Waals surface area (Å²) in [4.78, 5) is 60.0. The van der Waals surface area contributed by atoms with E-state index in [9.17, 15) is 0 Å². The van der Waals surface area contributed by atoms with E-state index in [1.165, 1.54) is 88.4 Å². The molecule has 0 N–H and O–H groups in total. The topological polar surface area (TPSA) is 207 Å². The molecular formula is C83H138N18O7. The summed E-state index contributed by atoms with van der Waals surface area (Å²) in [6, 6.07) is 2.38. The summed E-state index contributed by atoms with van der Waals surface area (Å²) < 4.78 is 40.7. The van der Waals surface area contributed by atoms with Gasteiger partial charge in [0, 0.05) is 205 Å². The van der Waals surface area contributed by atoms with Crippen LogP contribution in [0.5, 0.6) is 0 Å². The normalized spacial score (nSPS) is 21.3. The third-order valence-corrected chi connectivity index (χ3v) is 22.6. The Balaban J connectivity index is 0.000000137. The van der Waals surface area contributed by atoms with Gasteiger partial charge in [-0.3, -0.25) is 29.4 Å². The first kappa shape index (κ1) is 84.6. The molecule has 16 heterocycles. The van der Waals surface area contributed by atoms with Crippen LogP contribution < -0.4 is 0 Å². The minimum atomic E-state index is 0.132. The Hall–Kier alpha value is -5.80. The summed E-state index contributed by atoms with van der Waals surface area (Å²) in [6.45, 7) is 72.7.